The van der Waals surface area contributed by atoms with E-state index in [9.17, 15) is 5.11 Å². The van der Waals surface area contributed by atoms with Crippen LogP contribution in [0.5, 0.6) is 5.75 Å². The van der Waals surface area contributed by atoms with E-state index in [1.807, 2.05) is 36.4 Å². The lowest BCUT2D eigenvalue weighted by atomic mass is 10.2. The van der Waals surface area contributed by atoms with Crippen molar-refractivity contribution in [2.45, 2.75) is 4.90 Å². The summed E-state index contributed by atoms with van der Waals surface area (Å²) in [5.41, 5.74) is 1.54. The summed E-state index contributed by atoms with van der Waals surface area (Å²) >= 11 is 4.19. The number of hydrogen-bond donors (Lipinski definition) is 2. The molecule has 0 radical (unpaired) electrons. The molecule has 0 aliphatic carbocycles. The molecule has 0 atom stereocenters. The van der Waals surface area contributed by atoms with Gasteiger partial charge in [0.1, 0.15) is 5.75 Å². The third-order valence-electron chi connectivity index (χ3n) is 2.14. The first-order valence-corrected chi connectivity index (χ1v) is 5.31. The van der Waals surface area contributed by atoms with Crippen molar-refractivity contribution in [3.63, 3.8) is 0 Å². The number of nitrogens with zero attached hydrogens (tertiary/aromatic N) is 1. The van der Waals surface area contributed by atoms with Gasteiger partial charge in [-0.3, -0.25) is 4.99 Å². The summed E-state index contributed by atoms with van der Waals surface area (Å²) < 4.78 is 0. The minimum Gasteiger partial charge on any atom is -0.507 e. The van der Waals surface area contributed by atoms with Crippen LogP contribution in [0.1, 0.15) is 5.56 Å². The highest BCUT2D eigenvalue weighted by molar-refractivity contribution is 7.80. The summed E-state index contributed by atoms with van der Waals surface area (Å²) in [5.74, 6) is 0.233. The molecule has 2 nitrogen and oxygen atoms in total. The number of hydrogen-bond acceptors (Lipinski definition) is 3. The Kier molecular flexibility index (Phi) is 3.27. The standard InChI is InChI=1S/C13H11NOS/c15-13-4-2-1-3-10(13)9-14-11-5-7-12(16)8-6-11/h1-9,15-16H/b14-9+. The number of thiol groups is 1. The van der Waals surface area contributed by atoms with Gasteiger partial charge in [0.05, 0.1) is 5.69 Å². The van der Waals surface area contributed by atoms with Crippen LogP contribution in [0.15, 0.2) is 58.4 Å². The van der Waals surface area contributed by atoms with Crippen molar-refractivity contribution in [3.05, 3.63) is 54.1 Å². The van der Waals surface area contributed by atoms with E-state index < -0.39 is 0 Å². The van der Waals surface area contributed by atoms with E-state index in [1.54, 1.807) is 18.3 Å². The highest BCUT2D eigenvalue weighted by Gasteiger charge is 1.94. The Morgan fingerprint density at radius 2 is 1.69 bits per heavy atom. The molecular formula is C13H11NOS. The number of phenolic OH excluding ortho intramolecular Hbond substituents is 1. The minimum absolute atomic E-state index is 0.233. The molecule has 1 N–H and O–H groups in total. The Morgan fingerprint density at radius 1 is 1.00 bits per heavy atom. The van der Waals surface area contributed by atoms with Gasteiger partial charge in [-0.2, -0.15) is 0 Å². The van der Waals surface area contributed by atoms with Gasteiger partial charge in [0.2, 0.25) is 0 Å². The molecule has 0 fully saturated rings. The van der Waals surface area contributed by atoms with Gasteiger partial charge in [0.15, 0.2) is 0 Å². The normalized spacial score (nSPS) is 10.8. The molecule has 0 aliphatic heterocycles. The van der Waals surface area contributed by atoms with E-state index in [1.165, 1.54) is 0 Å². The maximum Gasteiger partial charge on any atom is 0.124 e. The average Bonchev–Trinajstić information content (AvgIpc) is 2.30. The Hall–Kier alpha value is -1.74. The van der Waals surface area contributed by atoms with Gasteiger partial charge in [-0.15, -0.1) is 12.6 Å². The van der Waals surface area contributed by atoms with Gasteiger partial charge in [0.25, 0.3) is 0 Å². The fourth-order valence-corrected chi connectivity index (χ4v) is 1.43. The zero-order chi connectivity index (χ0) is 11.4. The summed E-state index contributed by atoms with van der Waals surface area (Å²) in [4.78, 5) is 5.16. The summed E-state index contributed by atoms with van der Waals surface area (Å²) in [6, 6.07) is 14.6. The first-order chi connectivity index (χ1) is 7.75. The number of para-hydroxylation sites is 1. The zero-order valence-electron chi connectivity index (χ0n) is 8.54. The van der Waals surface area contributed by atoms with Crippen molar-refractivity contribution in [2.24, 2.45) is 4.99 Å². The van der Waals surface area contributed by atoms with Crippen LogP contribution < -0.4 is 0 Å². The number of benzene rings is 2. The van der Waals surface area contributed by atoms with Crippen LogP contribution in [0.25, 0.3) is 0 Å². The Morgan fingerprint density at radius 3 is 2.38 bits per heavy atom. The van der Waals surface area contributed by atoms with Crippen LogP contribution in [-0.2, 0) is 0 Å². The first kappa shape index (κ1) is 10.8. The monoisotopic (exact) mass is 229 g/mol. The molecular weight excluding hydrogens is 218 g/mol. The number of aliphatic imine (C=N–C) groups is 1. The number of phenols is 1. The van der Waals surface area contributed by atoms with E-state index in [-0.39, 0.29) is 5.75 Å². The molecule has 0 heterocycles. The van der Waals surface area contributed by atoms with Crippen LogP contribution in [0.3, 0.4) is 0 Å². The molecule has 3 heteroatoms. The van der Waals surface area contributed by atoms with Crippen molar-refractivity contribution in [1.82, 2.24) is 0 Å². The van der Waals surface area contributed by atoms with Crippen molar-refractivity contribution >= 4 is 24.5 Å². The molecule has 0 saturated carbocycles. The largest absolute Gasteiger partial charge is 0.507 e. The van der Waals surface area contributed by atoms with Crippen LogP contribution in [-0.4, -0.2) is 11.3 Å². The summed E-state index contributed by atoms with van der Waals surface area (Å²) in [5, 5.41) is 9.53. The molecule has 0 aromatic heterocycles. The minimum atomic E-state index is 0.233. The van der Waals surface area contributed by atoms with E-state index in [2.05, 4.69) is 17.6 Å². The van der Waals surface area contributed by atoms with E-state index in [0.29, 0.717) is 5.56 Å². The second-order valence-electron chi connectivity index (χ2n) is 3.33. The number of rotatable bonds is 2. The lowest BCUT2D eigenvalue weighted by molar-refractivity contribution is 0.474. The quantitative estimate of drug-likeness (QED) is 0.600. The highest BCUT2D eigenvalue weighted by Crippen LogP contribution is 2.17. The third kappa shape index (κ3) is 2.64. The van der Waals surface area contributed by atoms with Crippen molar-refractivity contribution < 1.29 is 5.11 Å². The lowest BCUT2D eigenvalue weighted by Gasteiger charge is -1.97. The predicted molar refractivity (Wildman–Crippen MR) is 69.1 cm³/mol. The van der Waals surface area contributed by atoms with Gasteiger partial charge in [0, 0.05) is 16.7 Å². The summed E-state index contributed by atoms with van der Waals surface area (Å²) in [6.45, 7) is 0. The maximum absolute atomic E-state index is 9.53. The van der Waals surface area contributed by atoms with Crippen LogP contribution >= 0.6 is 12.6 Å². The Labute approximate surface area is 99.7 Å². The van der Waals surface area contributed by atoms with Gasteiger partial charge < -0.3 is 5.11 Å². The van der Waals surface area contributed by atoms with Gasteiger partial charge in [-0.1, -0.05) is 12.1 Å². The molecule has 0 saturated heterocycles. The Bertz CT molecular complexity index is 506. The molecule has 80 valence electrons. The second kappa shape index (κ2) is 4.86. The van der Waals surface area contributed by atoms with Gasteiger partial charge in [-0.25, -0.2) is 0 Å². The predicted octanol–water partition coefficient (Wildman–Crippen LogP) is 3.43. The van der Waals surface area contributed by atoms with Crippen LogP contribution in [0.4, 0.5) is 5.69 Å². The first-order valence-electron chi connectivity index (χ1n) is 4.87. The van der Waals surface area contributed by atoms with Gasteiger partial charge in [-0.05, 0) is 36.4 Å². The molecule has 0 amide bonds. The maximum atomic E-state index is 9.53. The molecule has 2 aromatic carbocycles. The highest BCUT2D eigenvalue weighted by atomic mass is 32.1. The average molecular weight is 229 g/mol. The van der Waals surface area contributed by atoms with Crippen molar-refractivity contribution in [2.75, 3.05) is 0 Å². The SMILES string of the molecule is Oc1ccccc1/C=N/c1ccc(S)cc1. The van der Waals surface area contributed by atoms with Crippen molar-refractivity contribution in [1.29, 1.82) is 0 Å². The van der Waals surface area contributed by atoms with Gasteiger partial charge >= 0.3 is 0 Å². The lowest BCUT2D eigenvalue weighted by Crippen LogP contribution is -1.80. The summed E-state index contributed by atoms with van der Waals surface area (Å²) in [6.07, 6.45) is 1.64. The van der Waals surface area contributed by atoms with E-state index >= 15 is 0 Å². The molecule has 16 heavy (non-hydrogen) atoms. The second-order valence-corrected chi connectivity index (χ2v) is 3.85. The smallest absolute Gasteiger partial charge is 0.124 e. The molecule has 0 unspecified atom stereocenters. The molecule has 2 aromatic rings. The number of aromatic hydroxyl groups is 1. The Balaban J connectivity index is 2.21. The van der Waals surface area contributed by atoms with Crippen LogP contribution in [0.2, 0.25) is 0 Å². The molecule has 0 spiro atoms. The fourth-order valence-electron chi connectivity index (χ4n) is 1.28. The van der Waals surface area contributed by atoms with E-state index in [0.717, 1.165) is 10.6 Å². The van der Waals surface area contributed by atoms with Crippen molar-refractivity contribution in [3.8, 4) is 5.75 Å². The molecule has 0 bridgehead atoms. The topological polar surface area (TPSA) is 32.6 Å². The van der Waals surface area contributed by atoms with Crippen LogP contribution in [0, 0.1) is 0 Å². The zero-order valence-corrected chi connectivity index (χ0v) is 9.43. The third-order valence-corrected chi connectivity index (χ3v) is 2.44. The van der Waals surface area contributed by atoms with E-state index in [4.69, 9.17) is 0 Å². The fraction of sp³-hybridized carbons (Fsp3) is 0. The summed E-state index contributed by atoms with van der Waals surface area (Å²) in [7, 11) is 0. The molecule has 2 rings (SSSR count). The molecule has 0 aliphatic rings.